The van der Waals surface area contributed by atoms with Crippen molar-refractivity contribution >= 4 is 38.2 Å². The maximum atomic E-state index is 14.9. The van der Waals surface area contributed by atoms with E-state index in [9.17, 15) is 17.6 Å². The summed E-state index contributed by atoms with van der Waals surface area (Å²) in [5.41, 5.74) is 3.24. The van der Waals surface area contributed by atoms with Crippen molar-refractivity contribution in [2.45, 2.75) is 24.3 Å². The van der Waals surface area contributed by atoms with E-state index in [0.29, 0.717) is 32.0 Å². The highest BCUT2D eigenvalue weighted by molar-refractivity contribution is 7.89. The molecule has 1 saturated heterocycles. The number of halogens is 1. The molecule has 10 heteroatoms. The monoisotopic (exact) mass is 536 g/mol. The Labute approximate surface area is 220 Å². The number of hydrogen-bond acceptors (Lipinski definition) is 5. The molecule has 1 amide bonds. The smallest absolute Gasteiger partial charge is 0.242 e. The quantitative estimate of drug-likeness (QED) is 0.316. The third-order valence-corrected chi connectivity index (χ3v) is 8.10. The van der Waals surface area contributed by atoms with Gasteiger partial charge in [-0.3, -0.25) is 4.79 Å². The van der Waals surface area contributed by atoms with Crippen LogP contribution in [0.3, 0.4) is 0 Å². The van der Waals surface area contributed by atoms with E-state index < -0.39 is 27.8 Å². The van der Waals surface area contributed by atoms with Crippen molar-refractivity contribution in [2.24, 2.45) is 0 Å². The molecule has 1 unspecified atom stereocenters. The number of fused-ring (bicyclic) bond motifs is 1. The summed E-state index contributed by atoms with van der Waals surface area (Å²) in [6, 6.07) is 17.3. The van der Waals surface area contributed by atoms with E-state index >= 15 is 0 Å². The molecule has 1 fully saturated rings. The first-order valence-corrected chi connectivity index (χ1v) is 13.9. The molecule has 1 atom stereocenters. The maximum Gasteiger partial charge on any atom is 0.242 e. The summed E-state index contributed by atoms with van der Waals surface area (Å²) in [7, 11) is -4.01. The number of aromatic nitrogens is 1. The molecule has 3 aromatic carbocycles. The first-order valence-electron chi connectivity index (χ1n) is 12.4. The zero-order valence-corrected chi connectivity index (χ0v) is 21.7. The van der Waals surface area contributed by atoms with Gasteiger partial charge in [0.25, 0.3) is 0 Å². The lowest BCUT2D eigenvalue weighted by molar-refractivity contribution is -0.117. The fraction of sp³-hybridized carbons (Fsp3) is 0.250. The van der Waals surface area contributed by atoms with Crippen LogP contribution in [0.15, 0.2) is 77.8 Å². The maximum absolute atomic E-state index is 14.9. The van der Waals surface area contributed by atoms with Gasteiger partial charge in [-0.2, -0.15) is 4.72 Å². The lowest BCUT2D eigenvalue weighted by Gasteiger charge is -2.29. The van der Waals surface area contributed by atoms with Gasteiger partial charge < -0.3 is 19.9 Å². The number of carbonyl (C=O) groups is 1. The van der Waals surface area contributed by atoms with Crippen molar-refractivity contribution in [1.29, 1.82) is 0 Å². The summed E-state index contributed by atoms with van der Waals surface area (Å²) >= 11 is 0. The van der Waals surface area contributed by atoms with Crippen molar-refractivity contribution < 1.29 is 22.3 Å². The Balaban J connectivity index is 1.40. The Morgan fingerprint density at radius 3 is 2.55 bits per heavy atom. The first-order chi connectivity index (χ1) is 18.3. The van der Waals surface area contributed by atoms with Crippen LogP contribution in [-0.4, -0.2) is 51.7 Å². The van der Waals surface area contributed by atoms with Crippen LogP contribution in [0.2, 0.25) is 0 Å². The van der Waals surface area contributed by atoms with Crippen LogP contribution >= 0.6 is 0 Å². The molecule has 8 nitrogen and oxygen atoms in total. The van der Waals surface area contributed by atoms with Crippen molar-refractivity contribution in [3.05, 3.63) is 89.9 Å². The Hall–Kier alpha value is -3.73. The number of para-hydroxylation sites is 1. The molecule has 0 aliphatic carbocycles. The molecule has 0 radical (unpaired) electrons. The summed E-state index contributed by atoms with van der Waals surface area (Å²) in [6.45, 7) is 4.07. The second-order valence-electron chi connectivity index (χ2n) is 9.31. The Morgan fingerprint density at radius 1 is 1.08 bits per heavy atom. The number of rotatable bonds is 8. The minimum atomic E-state index is -4.01. The van der Waals surface area contributed by atoms with Gasteiger partial charge in [0.2, 0.25) is 15.9 Å². The van der Waals surface area contributed by atoms with E-state index in [2.05, 4.69) is 15.0 Å². The fourth-order valence-electron chi connectivity index (χ4n) is 4.56. The number of aromatic amines is 1. The highest BCUT2D eigenvalue weighted by Gasteiger charge is 2.27. The van der Waals surface area contributed by atoms with Gasteiger partial charge in [-0.15, -0.1) is 0 Å². The molecular weight excluding hydrogens is 507 g/mol. The second kappa shape index (κ2) is 10.9. The van der Waals surface area contributed by atoms with Crippen molar-refractivity contribution in [3.8, 4) is 0 Å². The molecule has 38 heavy (non-hydrogen) atoms. The van der Waals surface area contributed by atoms with Gasteiger partial charge in [0, 0.05) is 35.9 Å². The van der Waals surface area contributed by atoms with Gasteiger partial charge in [-0.1, -0.05) is 35.9 Å². The van der Waals surface area contributed by atoms with E-state index in [-0.39, 0.29) is 17.0 Å². The molecule has 4 aromatic rings. The zero-order chi connectivity index (χ0) is 26.7. The zero-order valence-electron chi connectivity index (χ0n) is 20.9. The van der Waals surface area contributed by atoms with Crippen LogP contribution in [0.4, 0.5) is 15.8 Å². The SMILES string of the molecule is Cc1ccc(S(=O)(=O)NC(Cc2c[nH]c3ccccc23)C(=O)Nc2ccc(N3CCOCC3)c(F)c2)cc1. The van der Waals surface area contributed by atoms with Gasteiger partial charge in [0.1, 0.15) is 11.9 Å². The van der Waals surface area contributed by atoms with Crippen LogP contribution in [0.25, 0.3) is 10.9 Å². The number of H-pyrrole nitrogens is 1. The van der Waals surface area contributed by atoms with E-state index in [0.717, 1.165) is 22.0 Å². The van der Waals surface area contributed by atoms with Crippen molar-refractivity contribution in [2.75, 3.05) is 36.5 Å². The lowest BCUT2D eigenvalue weighted by Crippen LogP contribution is -2.45. The average Bonchev–Trinajstić information content (AvgIpc) is 3.32. The first kappa shape index (κ1) is 25.9. The minimum absolute atomic E-state index is 0.0562. The molecule has 1 aliphatic rings. The topological polar surface area (TPSA) is 104 Å². The summed E-state index contributed by atoms with van der Waals surface area (Å²) in [4.78, 5) is 18.5. The number of aryl methyl sites for hydroxylation is 1. The third-order valence-electron chi connectivity index (χ3n) is 6.61. The van der Waals surface area contributed by atoms with Crippen LogP contribution in [-0.2, 0) is 26.0 Å². The third kappa shape index (κ3) is 5.72. The van der Waals surface area contributed by atoms with Gasteiger partial charge in [0.05, 0.1) is 23.8 Å². The Morgan fingerprint density at radius 2 is 1.82 bits per heavy atom. The molecule has 198 valence electrons. The standard InChI is InChI=1S/C28H29FN4O4S/c1-19-6-9-22(10-7-19)38(35,36)32-26(16-20-18-30-25-5-3-2-4-23(20)25)28(34)31-21-8-11-27(24(29)17-21)33-12-14-37-15-13-33/h2-11,17-18,26,30,32H,12-16H2,1H3,(H,31,34). The highest BCUT2D eigenvalue weighted by atomic mass is 32.2. The molecule has 1 aromatic heterocycles. The number of nitrogens with one attached hydrogen (secondary N) is 3. The number of amides is 1. The lowest BCUT2D eigenvalue weighted by atomic mass is 10.0. The summed E-state index contributed by atoms with van der Waals surface area (Å²) in [6.07, 6.45) is 1.86. The number of benzene rings is 3. The molecule has 0 spiro atoms. The minimum Gasteiger partial charge on any atom is -0.378 e. The van der Waals surface area contributed by atoms with E-state index in [1.54, 1.807) is 30.5 Å². The molecule has 0 bridgehead atoms. The molecule has 0 saturated carbocycles. The summed E-state index contributed by atoms with van der Waals surface area (Å²) in [5, 5.41) is 3.59. The number of anilines is 2. The number of hydrogen-bond donors (Lipinski definition) is 3. The van der Waals surface area contributed by atoms with Gasteiger partial charge >= 0.3 is 0 Å². The number of morpholine rings is 1. The highest BCUT2D eigenvalue weighted by Crippen LogP contribution is 2.25. The molecule has 3 N–H and O–H groups in total. The summed E-state index contributed by atoms with van der Waals surface area (Å²) < 4.78 is 49.2. The fourth-order valence-corrected chi connectivity index (χ4v) is 5.75. The van der Waals surface area contributed by atoms with Crippen LogP contribution < -0.4 is 14.9 Å². The normalized spacial score (nSPS) is 14.9. The summed E-state index contributed by atoms with van der Waals surface area (Å²) in [5.74, 6) is -1.07. The molecular formula is C28H29FN4O4S. The van der Waals surface area contributed by atoms with Crippen LogP contribution in [0.5, 0.6) is 0 Å². The van der Waals surface area contributed by atoms with Crippen LogP contribution in [0.1, 0.15) is 11.1 Å². The van der Waals surface area contributed by atoms with Crippen LogP contribution in [0, 0.1) is 12.7 Å². The van der Waals surface area contributed by atoms with Crippen molar-refractivity contribution in [1.82, 2.24) is 9.71 Å². The molecule has 5 rings (SSSR count). The number of sulfonamides is 1. The molecule has 1 aliphatic heterocycles. The number of nitrogens with zero attached hydrogens (tertiary/aromatic N) is 1. The van der Waals surface area contributed by atoms with Gasteiger partial charge in [-0.05, 0) is 55.3 Å². The number of ether oxygens (including phenoxy) is 1. The van der Waals surface area contributed by atoms with E-state index in [4.69, 9.17) is 4.74 Å². The largest absolute Gasteiger partial charge is 0.378 e. The van der Waals surface area contributed by atoms with Gasteiger partial charge in [0.15, 0.2) is 0 Å². The second-order valence-corrected chi connectivity index (χ2v) is 11.0. The van der Waals surface area contributed by atoms with E-state index in [1.807, 2.05) is 36.1 Å². The Bertz CT molecular complexity index is 1550. The number of carbonyl (C=O) groups excluding carboxylic acids is 1. The van der Waals surface area contributed by atoms with E-state index in [1.165, 1.54) is 18.2 Å². The van der Waals surface area contributed by atoms with Gasteiger partial charge in [-0.25, -0.2) is 12.8 Å². The predicted molar refractivity (Wildman–Crippen MR) is 145 cm³/mol. The predicted octanol–water partition coefficient (Wildman–Crippen LogP) is 3.98. The Kier molecular flexibility index (Phi) is 7.46. The average molecular weight is 537 g/mol. The van der Waals surface area contributed by atoms with Crippen molar-refractivity contribution in [3.63, 3.8) is 0 Å². The molecule has 2 heterocycles.